The van der Waals surface area contributed by atoms with Crippen LogP contribution in [0.4, 0.5) is 0 Å². The van der Waals surface area contributed by atoms with Crippen molar-refractivity contribution < 1.29 is 4.79 Å². The van der Waals surface area contributed by atoms with Crippen LogP contribution >= 0.6 is 0 Å². The topological polar surface area (TPSA) is 83.8 Å². The highest BCUT2D eigenvalue weighted by molar-refractivity contribution is 5.79. The van der Waals surface area contributed by atoms with Gasteiger partial charge < -0.3 is 10.7 Å². The quantitative estimate of drug-likeness (QED) is 0.560. The molecule has 66 valence electrons. The van der Waals surface area contributed by atoms with E-state index < -0.39 is 0 Å². The molecule has 0 aliphatic heterocycles. The molecule has 1 atom stereocenters. The molecule has 1 amide bonds. The van der Waals surface area contributed by atoms with E-state index in [1.165, 1.54) is 0 Å². The highest BCUT2D eigenvalue weighted by Gasteiger charge is 2.06. The smallest absolute Gasteiger partial charge is 0.234 e. The molecule has 0 radical (unpaired) electrons. The van der Waals surface area contributed by atoms with Crippen LogP contribution < -0.4 is 11.1 Å². The molecular weight excluding hydrogens is 156 g/mol. The number of nitrogens with zero attached hydrogens (tertiary/aromatic N) is 1. The van der Waals surface area contributed by atoms with E-state index >= 15 is 0 Å². The molecule has 1 aromatic heterocycles. The highest BCUT2D eigenvalue weighted by atomic mass is 16.1. The molecule has 1 rings (SSSR count). The van der Waals surface area contributed by atoms with Crippen LogP contribution in [0.1, 0.15) is 12.7 Å². The van der Waals surface area contributed by atoms with E-state index in [1.807, 2.05) is 0 Å². The first kappa shape index (κ1) is 8.73. The first-order valence-electron chi connectivity index (χ1n) is 3.71. The molecule has 4 N–H and O–H groups in total. The maximum absolute atomic E-state index is 10.6. The summed E-state index contributed by atoms with van der Waals surface area (Å²) in [6, 6.07) is -0.324. The van der Waals surface area contributed by atoms with Gasteiger partial charge in [0, 0.05) is 12.4 Å². The van der Waals surface area contributed by atoms with Gasteiger partial charge in [-0.3, -0.25) is 10.1 Å². The number of aromatic amines is 1. The lowest BCUT2D eigenvalue weighted by Gasteiger charge is -2.07. The van der Waals surface area contributed by atoms with E-state index in [1.54, 1.807) is 19.3 Å². The maximum Gasteiger partial charge on any atom is 0.234 e. The third-order valence-corrected chi connectivity index (χ3v) is 1.56. The van der Waals surface area contributed by atoms with Crippen molar-refractivity contribution in [3.05, 3.63) is 18.2 Å². The van der Waals surface area contributed by atoms with Crippen molar-refractivity contribution in [3.8, 4) is 0 Å². The fourth-order valence-electron chi connectivity index (χ4n) is 0.745. The molecule has 0 fully saturated rings. The molecule has 5 nitrogen and oxygen atoms in total. The van der Waals surface area contributed by atoms with Gasteiger partial charge in [-0.1, -0.05) is 0 Å². The van der Waals surface area contributed by atoms with Crippen molar-refractivity contribution in [3.63, 3.8) is 0 Å². The molecule has 1 heterocycles. The molecular formula is C7H12N4O. The van der Waals surface area contributed by atoms with E-state index in [0.29, 0.717) is 6.54 Å². The Hall–Kier alpha value is -1.36. The molecule has 0 aliphatic rings. The van der Waals surface area contributed by atoms with Crippen LogP contribution in [0.3, 0.4) is 0 Å². The third-order valence-electron chi connectivity index (χ3n) is 1.56. The minimum absolute atomic E-state index is 0.324. The predicted octanol–water partition coefficient (Wildman–Crippen LogP) is -0.627. The summed E-state index contributed by atoms with van der Waals surface area (Å²) in [7, 11) is 0. The highest BCUT2D eigenvalue weighted by Crippen LogP contribution is 1.88. The Morgan fingerprint density at radius 1 is 1.92 bits per heavy atom. The summed E-state index contributed by atoms with van der Waals surface area (Å²) in [5.74, 6) is 0.435. The first-order chi connectivity index (χ1) is 5.70. The number of H-pyrrole nitrogens is 1. The summed E-state index contributed by atoms with van der Waals surface area (Å²) in [4.78, 5) is 17.5. The number of nitrogens with one attached hydrogen (secondary N) is 2. The first-order valence-corrected chi connectivity index (χ1v) is 3.71. The van der Waals surface area contributed by atoms with E-state index in [0.717, 1.165) is 5.82 Å². The molecule has 0 saturated carbocycles. The van der Waals surface area contributed by atoms with Gasteiger partial charge in [0.25, 0.3) is 0 Å². The maximum atomic E-state index is 10.6. The number of rotatable bonds is 4. The summed E-state index contributed by atoms with van der Waals surface area (Å²) in [6.07, 6.45) is 3.39. The number of hydrogen-bond acceptors (Lipinski definition) is 3. The Balaban J connectivity index is 2.31. The van der Waals surface area contributed by atoms with Crippen molar-refractivity contribution in [1.29, 1.82) is 0 Å². The zero-order valence-corrected chi connectivity index (χ0v) is 6.87. The van der Waals surface area contributed by atoms with Crippen molar-refractivity contribution >= 4 is 5.91 Å². The number of hydrogen-bond donors (Lipinski definition) is 3. The second-order valence-corrected chi connectivity index (χ2v) is 2.54. The molecule has 1 aromatic rings. The number of primary amides is 1. The lowest BCUT2D eigenvalue weighted by molar-refractivity contribution is -0.119. The van der Waals surface area contributed by atoms with E-state index in [2.05, 4.69) is 15.3 Å². The van der Waals surface area contributed by atoms with Gasteiger partial charge in [0.05, 0.1) is 12.6 Å². The number of nitrogens with two attached hydrogens (primary N) is 1. The van der Waals surface area contributed by atoms with Crippen LogP contribution in [0, 0.1) is 0 Å². The summed E-state index contributed by atoms with van der Waals surface area (Å²) in [5, 5.41) is 2.92. The van der Waals surface area contributed by atoms with Gasteiger partial charge in [0.2, 0.25) is 5.91 Å². The Bertz CT molecular complexity index is 244. The molecule has 0 aliphatic carbocycles. The third kappa shape index (κ3) is 2.35. The lowest BCUT2D eigenvalue weighted by Crippen LogP contribution is -2.38. The van der Waals surface area contributed by atoms with Crippen molar-refractivity contribution in [2.24, 2.45) is 5.73 Å². The Kier molecular flexibility index (Phi) is 2.82. The number of imidazole rings is 1. The minimum Gasteiger partial charge on any atom is -0.368 e. The molecule has 0 aromatic carbocycles. The van der Waals surface area contributed by atoms with Gasteiger partial charge in [-0.15, -0.1) is 0 Å². The van der Waals surface area contributed by atoms with Crippen molar-refractivity contribution in [2.45, 2.75) is 19.5 Å². The standard InChI is InChI=1S/C7H12N4O/c1-5(7(8)12)11-4-6-9-2-3-10-6/h2-3,5,11H,4H2,1H3,(H2,8,12)(H,9,10). The summed E-state index contributed by atoms with van der Waals surface area (Å²) in [5.41, 5.74) is 5.04. The number of carbonyl (C=O) groups is 1. The average molecular weight is 168 g/mol. The second kappa shape index (κ2) is 3.87. The van der Waals surface area contributed by atoms with Crippen LogP contribution in [-0.2, 0) is 11.3 Å². The van der Waals surface area contributed by atoms with Crippen LogP contribution in [-0.4, -0.2) is 21.9 Å². The molecule has 1 unspecified atom stereocenters. The van der Waals surface area contributed by atoms with E-state index in [-0.39, 0.29) is 11.9 Å². The largest absolute Gasteiger partial charge is 0.368 e. The predicted molar refractivity (Wildman–Crippen MR) is 44.1 cm³/mol. The molecule has 0 bridgehead atoms. The van der Waals surface area contributed by atoms with Crippen molar-refractivity contribution in [2.75, 3.05) is 0 Å². The molecule has 5 heteroatoms. The van der Waals surface area contributed by atoms with Crippen LogP contribution in [0.15, 0.2) is 12.4 Å². The van der Waals surface area contributed by atoms with Crippen molar-refractivity contribution in [1.82, 2.24) is 15.3 Å². The Morgan fingerprint density at radius 2 is 2.67 bits per heavy atom. The van der Waals surface area contributed by atoms with E-state index in [4.69, 9.17) is 5.73 Å². The Labute approximate surface area is 70.4 Å². The SMILES string of the molecule is CC(NCc1ncc[nH]1)C(N)=O. The van der Waals surface area contributed by atoms with E-state index in [9.17, 15) is 4.79 Å². The van der Waals surface area contributed by atoms with Crippen LogP contribution in [0.2, 0.25) is 0 Å². The van der Waals surface area contributed by atoms with Crippen LogP contribution in [0.5, 0.6) is 0 Å². The molecule has 0 saturated heterocycles. The Morgan fingerprint density at radius 3 is 3.17 bits per heavy atom. The fourth-order valence-corrected chi connectivity index (χ4v) is 0.745. The number of carbonyl (C=O) groups excluding carboxylic acids is 1. The number of amides is 1. The van der Waals surface area contributed by atoms with Gasteiger partial charge in [-0.2, -0.15) is 0 Å². The molecule has 12 heavy (non-hydrogen) atoms. The van der Waals surface area contributed by atoms with Gasteiger partial charge in [0.1, 0.15) is 5.82 Å². The number of aromatic nitrogens is 2. The zero-order chi connectivity index (χ0) is 8.97. The zero-order valence-electron chi connectivity index (χ0n) is 6.87. The fraction of sp³-hybridized carbons (Fsp3) is 0.429. The summed E-state index contributed by atoms with van der Waals surface area (Å²) < 4.78 is 0. The summed E-state index contributed by atoms with van der Waals surface area (Å²) >= 11 is 0. The lowest BCUT2D eigenvalue weighted by atomic mass is 10.3. The van der Waals surface area contributed by atoms with Gasteiger partial charge in [0.15, 0.2) is 0 Å². The normalized spacial score (nSPS) is 12.8. The minimum atomic E-state index is -0.360. The van der Waals surface area contributed by atoms with Gasteiger partial charge in [-0.05, 0) is 6.92 Å². The second-order valence-electron chi connectivity index (χ2n) is 2.54. The van der Waals surface area contributed by atoms with Crippen LogP contribution in [0.25, 0.3) is 0 Å². The van der Waals surface area contributed by atoms with Gasteiger partial charge in [-0.25, -0.2) is 4.98 Å². The van der Waals surface area contributed by atoms with Gasteiger partial charge >= 0.3 is 0 Å². The summed E-state index contributed by atoms with van der Waals surface area (Å²) in [6.45, 7) is 2.24. The average Bonchev–Trinajstić information content (AvgIpc) is 2.51. The molecule has 0 spiro atoms. The monoisotopic (exact) mass is 168 g/mol.